The van der Waals surface area contributed by atoms with Crippen molar-refractivity contribution < 1.29 is 4.79 Å². The van der Waals surface area contributed by atoms with Crippen molar-refractivity contribution in [2.45, 2.75) is 59.2 Å². The smallest absolute Gasteiger partial charge is 0.239 e. The first-order valence-corrected chi connectivity index (χ1v) is 8.24. The Bertz CT molecular complexity index is 466. The van der Waals surface area contributed by atoms with E-state index in [1.165, 1.54) is 18.4 Å². The minimum atomic E-state index is -0.837. The van der Waals surface area contributed by atoms with E-state index in [-0.39, 0.29) is 5.91 Å². The lowest BCUT2D eigenvalue weighted by Crippen LogP contribution is -2.48. The molecule has 0 fully saturated rings. The topological polar surface area (TPSA) is 58.4 Å². The Morgan fingerprint density at radius 1 is 1.27 bits per heavy atom. The van der Waals surface area contributed by atoms with E-state index < -0.39 is 5.54 Å². The zero-order valence-electron chi connectivity index (χ0n) is 14.5. The quantitative estimate of drug-likeness (QED) is 0.737. The number of nitrogens with one attached hydrogen (secondary N) is 1. The Balaban J connectivity index is 2.60. The molecular weight excluding hydrogens is 274 g/mol. The molecule has 0 radical (unpaired) electrons. The zero-order chi connectivity index (χ0) is 16.6. The second-order valence-corrected chi connectivity index (χ2v) is 6.45. The third-order valence-electron chi connectivity index (χ3n) is 3.71. The van der Waals surface area contributed by atoms with Crippen molar-refractivity contribution in [1.29, 1.82) is 0 Å². The average molecular weight is 305 g/mol. The van der Waals surface area contributed by atoms with Gasteiger partial charge in [-0.05, 0) is 44.5 Å². The number of nitrogens with zero attached hydrogens (tertiary/aromatic N) is 1. The zero-order valence-corrected chi connectivity index (χ0v) is 14.5. The lowest BCUT2D eigenvalue weighted by molar-refractivity contribution is -0.125. The number of carbonyl (C=O) groups excluding carboxylic acids is 1. The number of rotatable bonds is 9. The van der Waals surface area contributed by atoms with E-state index in [1.54, 1.807) is 13.8 Å². The van der Waals surface area contributed by atoms with Gasteiger partial charge in [-0.1, -0.05) is 44.5 Å². The summed E-state index contributed by atoms with van der Waals surface area (Å²) in [6.45, 7) is 11.5. The van der Waals surface area contributed by atoms with Gasteiger partial charge in [0.25, 0.3) is 0 Å². The predicted molar refractivity (Wildman–Crippen MR) is 92.4 cm³/mol. The van der Waals surface area contributed by atoms with Gasteiger partial charge in [0, 0.05) is 13.1 Å². The normalized spacial score (nSPS) is 11.7. The number of carbonyl (C=O) groups is 1. The van der Waals surface area contributed by atoms with Crippen LogP contribution < -0.4 is 11.1 Å². The molecule has 0 atom stereocenters. The summed E-state index contributed by atoms with van der Waals surface area (Å²) in [5.41, 5.74) is 7.35. The second-order valence-electron chi connectivity index (χ2n) is 6.45. The van der Waals surface area contributed by atoms with Gasteiger partial charge >= 0.3 is 0 Å². The van der Waals surface area contributed by atoms with Crippen LogP contribution in [0.25, 0.3) is 0 Å². The summed E-state index contributed by atoms with van der Waals surface area (Å²) in [5.74, 6) is -0.129. The predicted octanol–water partition coefficient (Wildman–Crippen LogP) is 2.66. The minimum absolute atomic E-state index is 0.129. The molecule has 0 spiro atoms. The molecule has 4 heteroatoms. The largest absolute Gasteiger partial charge is 0.350 e. The highest BCUT2D eigenvalue weighted by Crippen LogP contribution is 2.10. The van der Waals surface area contributed by atoms with Gasteiger partial charge in [0.2, 0.25) is 5.91 Å². The van der Waals surface area contributed by atoms with E-state index in [1.807, 2.05) is 6.07 Å². The molecule has 22 heavy (non-hydrogen) atoms. The summed E-state index contributed by atoms with van der Waals surface area (Å²) in [6, 6.07) is 8.40. The van der Waals surface area contributed by atoms with E-state index in [0.29, 0.717) is 6.54 Å². The number of nitrogens with two attached hydrogens (primary N) is 1. The lowest BCUT2D eigenvalue weighted by atomic mass is 10.1. The van der Waals surface area contributed by atoms with E-state index >= 15 is 0 Å². The average Bonchev–Trinajstić information content (AvgIpc) is 2.48. The van der Waals surface area contributed by atoms with Crippen LogP contribution in [0.1, 0.15) is 51.7 Å². The SMILES string of the molecule is CCCCN(CC)Cc1cccc(CNC(=O)C(C)(C)N)c1. The molecule has 0 saturated heterocycles. The van der Waals surface area contributed by atoms with Crippen LogP contribution in [0.3, 0.4) is 0 Å². The van der Waals surface area contributed by atoms with E-state index in [0.717, 1.165) is 25.2 Å². The molecule has 1 aromatic carbocycles. The molecule has 0 aliphatic rings. The number of hydrogen-bond donors (Lipinski definition) is 2. The Morgan fingerprint density at radius 2 is 1.95 bits per heavy atom. The molecule has 4 nitrogen and oxygen atoms in total. The van der Waals surface area contributed by atoms with Crippen molar-refractivity contribution in [3.63, 3.8) is 0 Å². The maximum Gasteiger partial charge on any atom is 0.239 e. The van der Waals surface area contributed by atoms with Crippen LogP contribution in [0.4, 0.5) is 0 Å². The first-order chi connectivity index (χ1) is 10.4. The van der Waals surface area contributed by atoms with Crippen LogP contribution in [0.15, 0.2) is 24.3 Å². The minimum Gasteiger partial charge on any atom is -0.350 e. The Kier molecular flexibility index (Phi) is 7.56. The van der Waals surface area contributed by atoms with Crippen molar-refractivity contribution in [2.24, 2.45) is 5.73 Å². The summed E-state index contributed by atoms with van der Waals surface area (Å²) < 4.78 is 0. The van der Waals surface area contributed by atoms with Crippen molar-refractivity contribution in [3.05, 3.63) is 35.4 Å². The summed E-state index contributed by atoms with van der Waals surface area (Å²) in [5, 5.41) is 2.89. The highest BCUT2D eigenvalue weighted by Gasteiger charge is 2.21. The number of unbranched alkanes of at least 4 members (excludes halogenated alkanes) is 1. The molecule has 0 unspecified atom stereocenters. The molecule has 0 saturated carbocycles. The molecular formula is C18H31N3O. The van der Waals surface area contributed by atoms with Gasteiger partial charge < -0.3 is 11.1 Å². The monoisotopic (exact) mass is 305 g/mol. The van der Waals surface area contributed by atoms with E-state index in [4.69, 9.17) is 5.73 Å². The fourth-order valence-corrected chi connectivity index (χ4v) is 2.24. The van der Waals surface area contributed by atoms with Gasteiger partial charge in [-0.15, -0.1) is 0 Å². The molecule has 0 bridgehead atoms. The summed E-state index contributed by atoms with van der Waals surface area (Å²) >= 11 is 0. The van der Waals surface area contributed by atoms with Crippen molar-refractivity contribution in [1.82, 2.24) is 10.2 Å². The summed E-state index contributed by atoms with van der Waals surface area (Å²) in [6.07, 6.45) is 2.45. The van der Waals surface area contributed by atoms with Crippen LogP contribution in [0.5, 0.6) is 0 Å². The number of hydrogen-bond acceptors (Lipinski definition) is 3. The maximum absolute atomic E-state index is 11.8. The first kappa shape index (κ1) is 18.7. The third kappa shape index (κ3) is 6.58. The van der Waals surface area contributed by atoms with Crippen LogP contribution in [0.2, 0.25) is 0 Å². The number of benzene rings is 1. The van der Waals surface area contributed by atoms with Crippen LogP contribution in [-0.2, 0) is 17.9 Å². The van der Waals surface area contributed by atoms with Crippen molar-refractivity contribution in [2.75, 3.05) is 13.1 Å². The van der Waals surface area contributed by atoms with Crippen LogP contribution in [0, 0.1) is 0 Å². The van der Waals surface area contributed by atoms with Gasteiger partial charge in [0.05, 0.1) is 5.54 Å². The molecule has 0 aliphatic heterocycles. The molecule has 1 amide bonds. The van der Waals surface area contributed by atoms with Gasteiger partial charge in [-0.25, -0.2) is 0 Å². The van der Waals surface area contributed by atoms with E-state index in [2.05, 4.69) is 42.3 Å². The summed E-state index contributed by atoms with van der Waals surface area (Å²) in [4.78, 5) is 14.3. The van der Waals surface area contributed by atoms with Crippen LogP contribution >= 0.6 is 0 Å². The van der Waals surface area contributed by atoms with Gasteiger partial charge in [0.1, 0.15) is 0 Å². The Hall–Kier alpha value is -1.39. The fourth-order valence-electron chi connectivity index (χ4n) is 2.24. The molecule has 3 N–H and O–H groups in total. The molecule has 124 valence electrons. The first-order valence-electron chi connectivity index (χ1n) is 8.24. The highest BCUT2D eigenvalue weighted by molar-refractivity contribution is 5.84. The maximum atomic E-state index is 11.8. The van der Waals surface area contributed by atoms with Crippen LogP contribution in [-0.4, -0.2) is 29.4 Å². The molecule has 1 aromatic rings. The van der Waals surface area contributed by atoms with E-state index in [9.17, 15) is 4.79 Å². The van der Waals surface area contributed by atoms with Crippen molar-refractivity contribution >= 4 is 5.91 Å². The summed E-state index contributed by atoms with van der Waals surface area (Å²) in [7, 11) is 0. The second kappa shape index (κ2) is 8.91. The Labute approximate surface area is 135 Å². The lowest BCUT2D eigenvalue weighted by Gasteiger charge is -2.21. The molecule has 0 aromatic heterocycles. The number of amides is 1. The van der Waals surface area contributed by atoms with Gasteiger partial charge in [-0.2, -0.15) is 0 Å². The highest BCUT2D eigenvalue weighted by atomic mass is 16.2. The Morgan fingerprint density at radius 3 is 2.55 bits per heavy atom. The third-order valence-corrected chi connectivity index (χ3v) is 3.71. The standard InChI is InChI=1S/C18H31N3O/c1-5-7-11-21(6-2)14-16-10-8-9-15(12-16)13-20-17(22)18(3,4)19/h8-10,12H,5-7,11,13-14,19H2,1-4H3,(H,20,22). The van der Waals surface area contributed by atoms with Crippen molar-refractivity contribution in [3.8, 4) is 0 Å². The molecule has 0 heterocycles. The molecule has 1 rings (SSSR count). The van der Waals surface area contributed by atoms with Gasteiger partial charge in [-0.3, -0.25) is 9.69 Å². The molecule has 0 aliphatic carbocycles. The fraction of sp³-hybridized carbons (Fsp3) is 0.611. The van der Waals surface area contributed by atoms with Gasteiger partial charge in [0.15, 0.2) is 0 Å².